The van der Waals surface area contributed by atoms with Gasteiger partial charge >= 0.3 is 0 Å². The highest BCUT2D eigenvalue weighted by Gasteiger charge is 2.08. The monoisotopic (exact) mass is 197 g/mol. The lowest BCUT2D eigenvalue weighted by Gasteiger charge is -1.96. The lowest BCUT2D eigenvalue weighted by molar-refractivity contribution is 0.598. The van der Waals surface area contributed by atoms with Crippen molar-refractivity contribution in [2.45, 2.75) is 4.90 Å². The predicted molar refractivity (Wildman–Crippen MR) is 47.5 cm³/mol. The van der Waals surface area contributed by atoms with Crippen LogP contribution < -0.4 is 5.14 Å². The molecular weight excluding hydrogens is 190 g/mol. The first-order valence-electron chi connectivity index (χ1n) is 3.53. The number of aromatic nitrogens is 2. The molecule has 0 saturated heterocycles. The molecule has 0 unspecified atom stereocenters. The molecular formula is C7H7N3O2S. The summed E-state index contributed by atoms with van der Waals surface area (Å²) < 4.78 is 21.9. The van der Waals surface area contributed by atoms with Crippen LogP contribution in [0.1, 0.15) is 0 Å². The van der Waals surface area contributed by atoms with Gasteiger partial charge in [-0.3, -0.25) is 5.10 Å². The van der Waals surface area contributed by atoms with Gasteiger partial charge in [-0.15, -0.1) is 0 Å². The Labute approximate surface area is 74.6 Å². The fourth-order valence-corrected chi connectivity index (χ4v) is 1.63. The van der Waals surface area contributed by atoms with E-state index in [0.717, 1.165) is 5.39 Å². The molecule has 2 rings (SSSR count). The first-order valence-corrected chi connectivity index (χ1v) is 5.08. The van der Waals surface area contributed by atoms with E-state index < -0.39 is 10.0 Å². The van der Waals surface area contributed by atoms with Crippen LogP contribution in [0.2, 0.25) is 0 Å². The minimum Gasteiger partial charge on any atom is -0.278 e. The molecule has 2 aromatic rings. The second-order valence-corrected chi connectivity index (χ2v) is 4.23. The highest BCUT2D eigenvalue weighted by Crippen LogP contribution is 2.15. The summed E-state index contributed by atoms with van der Waals surface area (Å²) in [4.78, 5) is 0.0873. The molecule has 0 spiro atoms. The van der Waals surface area contributed by atoms with Gasteiger partial charge in [0, 0.05) is 5.39 Å². The van der Waals surface area contributed by atoms with Crippen molar-refractivity contribution in [3.63, 3.8) is 0 Å². The van der Waals surface area contributed by atoms with Crippen molar-refractivity contribution in [1.82, 2.24) is 10.2 Å². The fourth-order valence-electron chi connectivity index (χ4n) is 1.09. The zero-order valence-electron chi connectivity index (χ0n) is 6.56. The summed E-state index contributed by atoms with van der Waals surface area (Å²) in [5.74, 6) is 0. The lowest BCUT2D eigenvalue weighted by Crippen LogP contribution is -2.11. The number of benzene rings is 1. The minimum atomic E-state index is -3.62. The summed E-state index contributed by atoms with van der Waals surface area (Å²) >= 11 is 0. The first kappa shape index (κ1) is 8.21. The number of aromatic amines is 1. The van der Waals surface area contributed by atoms with Crippen LogP contribution in [-0.4, -0.2) is 18.6 Å². The molecule has 1 aromatic carbocycles. The van der Waals surface area contributed by atoms with E-state index in [1.807, 2.05) is 0 Å². The number of nitrogens with one attached hydrogen (secondary N) is 1. The first-order chi connectivity index (χ1) is 6.07. The molecule has 0 aliphatic rings. The van der Waals surface area contributed by atoms with Gasteiger partial charge < -0.3 is 0 Å². The van der Waals surface area contributed by atoms with Crippen LogP contribution in [0, 0.1) is 0 Å². The number of nitrogens with two attached hydrogens (primary N) is 1. The Morgan fingerprint density at radius 2 is 2.15 bits per heavy atom. The third-order valence-electron chi connectivity index (χ3n) is 1.74. The number of sulfonamides is 1. The van der Waals surface area contributed by atoms with Crippen LogP contribution in [-0.2, 0) is 10.0 Å². The molecule has 1 heterocycles. The zero-order chi connectivity index (χ0) is 9.47. The number of H-pyrrole nitrogens is 1. The van der Waals surface area contributed by atoms with Crippen molar-refractivity contribution in [1.29, 1.82) is 0 Å². The average Bonchev–Trinajstić information content (AvgIpc) is 2.47. The van der Waals surface area contributed by atoms with E-state index in [9.17, 15) is 8.42 Å². The maximum atomic E-state index is 10.9. The third-order valence-corrected chi connectivity index (χ3v) is 2.65. The smallest absolute Gasteiger partial charge is 0.238 e. The van der Waals surface area contributed by atoms with Crippen LogP contribution >= 0.6 is 0 Å². The molecule has 0 saturated carbocycles. The molecule has 5 nitrogen and oxygen atoms in total. The summed E-state index contributed by atoms with van der Waals surface area (Å²) in [5, 5.41) is 12.2. The summed E-state index contributed by atoms with van der Waals surface area (Å²) in [7, 11) is -3.62. The van der Waals surface area contributed by atoms with Gasteiger partial charge in [0.1, 0.15) is 0 Å². The van der Waals surface area contributed by atoms with Gasteiger partial charge in [-0.1, -0.05) is 0 Å². The van der Waals surface area contributed by atoms with Gasteiger partial charge in [-0.2, -0.15) is 5.10 Å². The summed E-state index contributed by atoms with van der Waals surface area (Å²) in [6.45, 7) is 0. The quantitative estimate of drug-likeness (QED) is 0.684. The Morgan fingerprint density at radius 3 is 2.85 bits per heavy atom. The Morgan fingerprint density at radius 1 is 1.38 bits per heavy atom. The predicted octanol–water partition coefficient (Wildman–Crippen LogP) is 0.210. The van der Waals surface area contributed by atoms with E-state index >= 15 is 0 Å². The second kappa shape index (κ2) is 2.54. The van der Waals surface area contributed by atoms with Crippen molar-refractivity contribution in [2.24, 2.45) is 5.14 Å². The average molecular weight is 197 g/mol. The van der Waals surface area contributed by atoms with E-state index in [1.54, 1.807) is 12.3 Å². The minimum absolute atomic E-state index is 0.0873. The Balaban J connectivity index is 2.75. The fraction of sp³-hybridized carbons (Fsp3) is 0. The van der Waals surface area contributed by atoms with Crippen molar-refractivity contribution in [3.8, 4) is 0 Å². The maximum absolute atomic E-state index is 10.9. The van der Waals surface area contributed by atoms with Crippen LogP contribution in [0.15, 0.2) is 29.3 Å². The number of hydrogen-bond acceptors (Lipinski definition) is 3. The molecule has 1 aromatic heterocycles. The van der Waals surface area contributed by atoms with Crippen LogP contribution in [0.3, 0.4) is 0 Å². The van der Waals surface area contributed by atoms with E-state index in [4.69, 9.17) is 5.14 Å². The summed E-state index contributed by atoms with van der Waals surface area (Å²) in [6, 6.07) is 4.56. The van der Waals surface area contributed by atoms with Crippen molar-refractivity contribution in [2.75, 3.05) is 0 Å². The van der Waals surface area contributed by atoms with Crippen molar-refractivity contribution < 1.29 is 8.42 Å². The molecule has 0 bridgehead atoms. The van der Waals surface area contributed by atoms with E-state index in [2.05, 4.69) is 10.2 Å². The second-order valence-electron chi connectivity index (χ2n) is 2.66. The van der Waals surface area contributed by atoms with E-state index in [1.165, 1.54) is 12.1 Å². The van der Waals surface area contributed by atoms with Crippen molar-refractivity contribution in [3.05, 3.63) is 24.4 Å². The van der Waals surface area contributed by atoms with Crippen LogP contribution in [0.5, 0.6) is 0 Å². The molecule has 0 aliphatic heterocycles. The van der Waals surface area contributed by atoms with Gasteiger partial charge in [-0.25, -0.2) is 13.6 Å². The molecule has 6 heteroatoms. The van der Waals surface area contributed by atoms with Gasteiger partial charge in [0.25, 0.3) is 0 Å². The Hall–Kier alpha value is -1.40. The standard InChI is InChI=1S/C7H7N3O2S/c8-13(11,12)6-2-1-5-4-9-10-7(5)3-6/h1-4H,(H,9,10)(H2,8,11,12). The third kappa shape index (κ3) is 1.41. The van der Waals surface area contributed by atoms with Gasteiger partial charge in [0.2, 0.25) is 10.0 Å². The SMILES string of the molecule is NS(=O)(=O)c1ccc2cn[nH]c2c1. The van der Waals surface area contributed by atoms with Gasteiger partial charge in [0.15, 0.2) is 0 Å². The molecule has 3 N–H and O–H groups in total. The van der Waals surface area contributed by atoms with Gasteiger partial charge in [0.05, 0.1) is 16.6 Å². The molecule has 0 fully saturated rings. The van der Waals surface area contributed by atoms with Gasteiger partial charge in [-0.05, 0) is 18.2 Å². The topological polar surface area (TPSA) is 88.8 Å². The summed E-state index contributed by atoms with van der Waals surface area (Å²) in [6.07, 6.45) is 1.61. The van der Waals surface area contributed by atoms with Crippen LogP contribution in [0.4, 0.5) is 0 Å². The molecule has 13 heavy (non-hydrogen) atoms. The number of rotatable bonds is 1. The number of hydrogen-bond donors (Lipinski definition) is 2. The maximum Gasteiger partial charge on any atom is 0.238 e. The molecule has 0 radical (unpaired) electrons. The van der Waals surface area contributed by atoms with Crippen LogP contribution in [0.25, 0.3) is 10.9 Å². The normalized spacial score (nSPS) is 12.1. The lowest BCUT2D eigenvalue weighted by atomic mass is 10.3. The van der Waals surface area contributed by atoms with E-state index in [0.29, 0.717) is 5.52 Å². The molecule has 0 aliphatic carbocycles. The molecule has 0 atom stereocenters. The largest absolute Gasteiger partial charge is 0.278 e. The summed E-state index contributed by atoms with van der Waals surface area (Å²) in [5.41, 5.74) is 0.659. The zero-order valence-corrected chi connectivity index (χ0v) is 7.38. The highest BCUT2D eigenvalue weighted by molar-refractivity contribution is 7.89. The molecule has 68 valence electrons. The Kier molecular flexibility index (Phi) is 1.61. The number of nitrogens with zero attached hydrogens (tertiary/aromatic N) is 1. The Bertz CT molecular complexity index is 544. The number of fused-ring (bicyclic) bond motifs is 1. The highest BCUT2D eigenvalue weighted by atomic mass is 32.2. The number of primary sulfonamides is 1. The van der Waals surface area contributed by atoms with Crippen molar-refractivity contribution >= 4 is 20.9 Å². The molecule has 0 amide bonds. The van der Waals surface area contributed by atoms with E-state index in [-0.39, 0.29) is 4.90 Å².